The van der Waals surface area contributed by atoms with Gasteiger partial charge in [-0.1, -0.05) is 6.08 Å². The highest BCUT2D eigenvalue weighted by molar-refractivity contribution is 6.48. The van der Waals surface area contributed by atoms with Crippen LogP contribution in [0.4, 0.5) is 0 Å². The van der Waals surface area contributed by atoms with Crippen molar-refractivity contribution in [1.29, 1.82) is 0 Å². The van der Waals surface area contributed by atoms with Gasteiger partial charge in [-0.05, 0) is 40.0 Å². The van der Waals surface area contributed by atoms with Crippen molar-refractivity contribution in [3.63, 3.8) is 0 Å². The van der Waals surface area contributed by atoms with E-state index in [9.17, 15) is 0 Å². The minimum Gasteiger partial charge on any atom is -0.403 e. The molecule has 0 aromatic rings. The third kappa shape index (κ3) is 1.43. The first-order chi connectivity index (χ1) is 6.37. The van der Waals surface area contributed by atoms with Crippen molar-refractivity contribution in [3.05, 3.63) is 12.7 Å². The minimum absolute atomic E-state index is 0.0250. The first-order valence-electron chi connectivity index (χ1n) is 5.35. The van der Waals surface area contributed by atoms with Gasteiger partial charge in [0.25, 0.3) is 0 Å². The standard InChI is InChI=1S/C11H19BO2/c1-6-8-7-9(8)12-13-10(2,3)11(4,5)14-12/h6,8-9H,1,7H2,2-5H3/t8-,9-/m1/s1. The van der Waals surface area contributed by atoms with E-state index in [1.807, 2.05) is 6.08 Å². The van der Waals surface area contributed by atoms with Gasteiger partial charge in [0.2, 0.25) is 0 Å². The topological polar surface area (TPSA) is 18.5 Å². The van der Waals surface area contributed by atoms with Crippen LogP contribution in [0, 0.1) is 5.92 Å². The van der Waals surface area contributed by atoms with Crippen LogP contribution >= 0.6 is 0 Å². The van der Waals surface area contributed by atoms with E-state index in [1.54, 1.807) is 0 Å². The zero-order valence-corrected chi connectivity index (χ0v) is 9.54. The van der Waals surface area contributed by atoms with Crippen LogP contribution in [0.5, 0.6) is 0 Å². The Labute approximate surface area is 86.8 Å². The zero-order valence-electron chi connectivity index (χ0n) is 9.54. The summed E-state index contributed by atoms with van der Waals surface area (Å²) in [5.74, 6) is 1.14. The van der Waals surface area contributed by atoms with Gasteiger partial charge in [0, 0.05) is 5.82 Å². The van der Waals surface area contributed by atoms with Crippen LogP contribution in [0.25, 0.3) is 0 Å². The van der Waals surface area contributed by atoms with E-state index in [4.69, 9.17) is 9.31 Å². The van der Waals surface area contributed by atoms with Crippen LogP contribution in [0.15, 0.2) is 12.7 Å². The molecule has 2 atom stereocenters. The van der Waals surface area contributed by atoms with Gasteiger partial charge >= 0.3 is 7.12 Å². The summed E-state index contributed by atoms with van der Waals surface area (Å²) in [6.45, 7) is 12.2. The molecule has 1 aliphatic carbocycles. The van der Waals surface area contributed by atoms with Gasteiger partial charge in [-0.2, -0.15) is 0 Å². The SMILES string of the molecule is C=C[C@@H]1C[C@H]1B1OC(C)(C)C(C)(C)O1. The van der Waals surface area contributed by atoms with E-state index in [2.05, 4.69) is 34.3 Å². The molecule has 1 saturated carbocycles. The molecule has 1 aliphatic heterocycles. The normalized spacial score (nSPS) is 38.4. The Morgan fingerprint density at radius 2 is 1.71 bits per heavy atom. The Hall–Kier alpha value is -0.275. The van der Waals surface area contributed by atoms with Gasteiger partial charge in [0.05, 0.1) is 11.2 Å². The lowest BCUT2D eigenvalue weighted by atomic mass is 9.80. The predicted molar refractivity (Wildman–Crippen MR) is 58.1 cm³/mol. The Kier molecular flexibility index (Phi) is 2.10. The molecule has 2 fully saturated rings. The number of hydrogen-bond acceptors (Lipinski definition) is 2. The van der Waals surface area contributed by atoms with Gasteiger partial charge in [-0.3, -0.25) is 0 Å². The predicted octanol–water partition coefficient (Wildman–Crippen LogP) is 2.65. The number of rotatable bonds is 2. The minimum atomic E-state index is -0.189. The van der Waals surface area contributed by atoms with E-state index in [0.29, 0.717) is 11.7 Å². The fraction of sp³-hybridized carbons (Fsp3) is 0.818. The molecule has 0 amide bonds. The van der Waals surface area contributed by atoms with E-state index < -0.39 is 0 Å². The molecule has 0 radical (unpaired) electrons. The second-order valence-corrected chi connectivity index (χ2v) is 5.42. The first-order valence-corrected chi connectivity index (χ1v) is 5.35. The van der Waals surface area contributed by atoms with Crippen molar-refractivity contribution in [3.8, 4) is 0 Å². The lowest BCUT2D eigenvalue weighted by Crippen LogP contribution is -2.41. The zero-order chi connectivity index (χ0) is 10.6. The fourth-order valence-corrected chi connectivity index (χ4v) is 1.88. The summed E-state index contributed by atoms with van der Waals surface area (Å²) in [4.78, 5) is 0. The van der Waals surface area contributed by atoms with Crippen molar-refractivity contribution >= 4 is 7.12 Å². The van der Waals surface area contributed by atoms with Crippen molar-refractivity contribution in [2.45, 2.75) is 51.1 Å². The molecule has 0 N–H and O–H groups in total. The van der Waals surface area contributed by atoms with E-state index in [-0.39, 0.29) is 18.3 Å². The summed E-state index contributed by atoms with van der Waals surface area (Å²) in [5, 5.41) is 0. The third-order valence-electron chi connectivity index (χ3n) is 3.81. The molecule has 0 aromatic carbocycles. The second-order valence-electron chi connectivity index (χ2n) is 5.42. The van der Waals surface area contributed by atoms with E-state index in [0.717, 1.165) is 0 Å². The van der Waals surface area contributed by atoms with Crippen LogP contribution in [-0.4, -0.2) is 18.3 Å². The Morgan fingerprint density at radius 1 is 1.21 bits per heavy atom. The molecular weight excluding hydrogens is 175 g/mol. The molecular formula is C11H19BO2. The van der Waals surface area contributed by atoms with Crippen molar-refractivity contribution < 1.29 is 9.31 Å². The molecule has 0 aromatic heterocycles. The Morgan fingerprint density at radius 3 is 2.07 bits per heavy atom. The molecule has 14 heavy (non-hydrogen) atoms. The quantitative estimate of drug-likeness (QED) is 0.497. The molecule has 2 nitrogen and oxygen atoms in total. The third-order valence-corrected chi connectivity index (χ3v) is 3.81. The Bertz CT molecular complexity index is 244. The molecule has 2 rings (SSSR count). The van der Waals surface area contributed by atoms with E-state index >= 15 is 0 Å². The van der Waals surface area contributed by atoms with Crippen molar-refractivity contribution in [2.24, 2.45) is 5.92 Å². The lowest BCUT2D eigenvalue weighted by Gasteiger charge is -2.32. The van der Waals surface area contributed by atoms with Gasteiger partial charge < -0.3 is 9.31 Å². The van der Waals surface area contributed by atoms with Gasteiger partial charge in [-0.15, -0.1) is 6.58 Å². The highest BCUT2D eigenvalue weighted by Crippen LogP contribution is 2.53. The maximum Gasteiger partial charge on any atom is 0.461 e. The summed E-state index contributed by atoms with van der Waals surface area (Å²) in [5.41, 5.74) is -0.377. The second kappa shape index (κ2) is 2.86. The van der Waals surface area contributed by atoms with Crippen LogP contribution in [0.3, 0.4) is 0 Å². The van der Waals surface area contributed by atoms with Crippen LogP contribution < -0.4 is 0 Å². The largest absolute Gasteiger partial charge is 0.461 e. The molecule has 0 unspecified atom stereocenters. The summed E-state index contributed by atoms with van der Waals surface area (Å²) < 4.78 is 11.9. The highest BCUT2D eigenvalue weighted by Gasteiger charge is 2.58. The summed E-state index contributed by atoms with van der Waals surface area (Å²) >= 11 is 0. The monoisotopic (exact) mass is 194 g/mol. The molecule has 1 saturated heterocycles. The van der Waals surface area contributed by atoms with E-state index in [1.165, 1.54) is 6.42 Å². The molecule has 2 aliphatic rings. The summed E-state index contributed by atoms with van der Waals surface area (Å²) in [7, 11) is -0.0250. The Balaban J connectivity index is 2.04. The van der Waals surface area contributed by atoms with Crippen molar-refractivity contribution in [2.75, 3.05) is 0 Å². The van der Waals surface area contributed by atoms with Gasteiger partial charge in [0.1, 0.15) is 0 Å². The molecule has 0 bridgehead atoms. The van der Waals surface area contributed by atoms with Gasteiger partial charge in [0.15, 0.2) is 0 Å². The van der Waals surface area contributed by atoms with Crippen LogP contribution in [0.2, 0.25) is 5.82 Å². The average Bonchev–Trinajstić information content (AvgIpc) is 2.75. The molecule has 78 valence electrons. The average molecular weight is 194 g/mol. The smallest absolute Gasteiger partial charge is 0.403 e. The summed E-state index contributed by atoms with van der Waals surface area (Å²) in [6, 6.07) is 0. The number of hydrogen-bond donors (Lipinski definition) is 0. The molecule has 1 heterocycles. The first kappa shape index (κ1) is 10.2. The maximum atomic E-state index is 5.95. The highest BCUT2D eigenvalue weighted by atomic mass is 16.7. The van der Waals surface area contributed by atoms with Crippen LogP contribution in [0.1, 0.15) is 34.1 Å². The van der Waals surface area contributed by atoms with Crippen molar-refractivity contribution in [1.82, 2.24) is 0 Å². The van der Waals surface area contributed by atoms with Crippen LogP contribution in [-0.2, 0) is 9.31 Å². The lowest BCUT2D eigenvalue weighted by molar-refractivity contribution is 0.00578. The van der Waals surface area contributed by atoms with Gasteiger partial charge in [-0.25, -0.2) is 0 Å². The maximum absolute atomic E-state index is 5.95. The molecule has 3 heteroatoms. The summed E-state index contributed by atoms with van der Waals surface area (Å²) in [6.07, 6.45) is 3.18. The fourth-order valence-electron chi connectivity index (χ4n) is 1.88. The number of allylic oxidation sites excluding steroid dienone is 1. The molecule has 0 spiro atoms.